The Balaban J connectivity index is 1.84. The minimum atomic E-state index is -3.85. The molecule has 0 N–H and O–H groups in total. The SMILES string of the molecule is CCCCN(Cc1cccn1Cc1ccc(Br)cc1)C(=O)CN(CCC(C)C)S(=O)(=O)c1ccc(C(C)(C)C)cc1. The molecular weight excluding hydrogens is 598 g/mol. The summed E-state index contributed by atoms with van der Waals surface area (Å²) in [6.45, 7) is 14.4. The van der Waals surface area contributed by atoms with Crippen molar-refractivity contribution in [2.45, 2.75) is 84.2 Å². The maximum absolute atomic E-state index is 13.8. The van der Waals surface area contributed by atoms with Crippen molar-refractivity contribution in [3.63, 3.8) is 0 Å². The molecule has 0 unspecified atom stereocenters. The van der Waals surface area contributed by atoms with Crippen LogP contribution in [-0.2, 0) is 33.3 Å². The number of hydrogen-bond acceptors (Lipinski definition) is 3. The van der Waals surface area contributed by atoms with Gasteiger partial charge in [0.15, 0.2) is 0 Å². The molecule has 8 heteroatoms. The third-order valence-corrected chi connectivity index (χ3v) is 9.69. The van der Waals surface area contributed by atoms with Crippen molar-refractivity contribution < 1.29 is 13.2 Å². The van der Waals surface area contributed by atoms with Crippen molar-refractivity contribution >= 4 is 31.9 Å². The average Bonchev–Trinajstić information content (AvgIpc) is 3.35. The second kappa shape index (κ2) is 14.7. The maximum atomic E-state index is 13.8. The van der Waals surface area contributed by atoms with Crippen LogP contribution in [0.15, 0.2) is 76.2 Å². The van der Waals surface area contributed by atoms with Gasteiger partial charge < -0.3 is 9.47 Å². The lowest BCUT2D eigenvalue weighted by molar-refractivity contribution is -0.132. The molecule has 3 aromatic rings. The molecule has 0 bridgehead atoms. The summed E-state index contributed by atoms with van der Waals surface area (Å²) >= 11 is 3.49. The molecule has 0 saturated heterocycles. The predicted molar refractivity (Wildman–Crippen MR) is 171 cm³/mol. The van der Waals surface area contributed by atoms with Gasteiger partial charge in [-0.15, -0.1) is 0 Å². The van der Waals surface area contributed by atoms with Gasteiger partial charge in [0.2, 0.25) is 15.9 Å². The summed E-state index contributed by atoms with van der Waals surface area (Å²) in [5.74, 6) is 0.137. The van der Waals surface area contributed by atoms with Crippen molar-refractivity contribution in [3.05, 3.63) is 88.2 Å². The van der Waals surface area contributed by atoms with E-state index in [-0.39, 0.29) is 22.8 Å². The van der Waals surface area contributed by atoms with E-state index in [4.69, 9.17) is 0 Å². The lowest BCUT2D eigenvalue weighted by Crippen LogP contribution is -2.43. The van der Waals surface area contributed by atoms with E-state index < -0.39 is 10.0 Å². The van der Waals surface area contributed by atoms with Crippen LogP contribution >= 0.6 is 15.9 Å². The minimum Gasteiger partial charge on any atom is -0.345 e. The Morgan fingerprint density at radius 3 is 2.22 bits per heavy atom. The monoisotopic (exact) mass is 643 g/mol. The number of benzene rings is 2. The van der Waals surface area contributed by atoms with Crippen LogP contribution in [0.5, 0.6) is 0 Å². The molecule has 6 nitrogen and oxygen atoms in total. The molecule has 1 aromatic heterocycles. The molecule has 2 aromatic carbocycles. The molecule has 41 heavy (non-hydrogen) atoms. The summed E-state index contributed by atoms with van der Waals surface area (Å²) in [5, 5.41) is 0. The maximum Gasteiger partial charge on any atom is 0.243 e. The van der Waals surface area contributed by atoms with Crippen molar-refractivity contribution in [2.75, 3.05) is 19.6 Å². The summed E-state index contributed by atoms with van der Waals surface area (Å²) in [6.07, 6.45) is 4.50. The van der Waals surface area contributed by atoms with Crippen LogP contribution in [0.1, 0.15) is 77.6 Å². The fourth-order valence-electron chi connectivity index (χ4n) is 4.58. The van der Waals surface area contributed by atoms with E-state index in [0.29, 0.717) is 38.5 Å². The van der Waals surface area contributed by atoms with Gasteiger partial charge in [0.25, 0.3) is 0 Å². The van der Waals surface area contributed by atoms with Crippen LogP contribution in [0.25, 0.3) is 0 Å². The molecule has 1 amide bonds. The van der Waals surface area contributed by atoms with Crippen LogP contribution in [0.3, 0.4) is 0 Å². The zero-order valence-corrected chi connectivity index (χ0v) is 27.8. The van der Waals surface area contributed by atoms with Crippen LogP contribution < -0.4 is 0 Å². The Morgan fingerprint density at radius 2 is 1.63 bits per heavy atom. The zero-order valence-electron chi connectivity index (χ0n) is 25.4. The number of halogens is 1. The van der Waals surface area contributed by atoms with E-state index in [2.05, 4.69) is 74.2 Å². The average molecular weight is 645 g/mol. The predicted octanol–water partition coefficient (Wildman–Crippen LogP) is 7.46. The van der Waals surface area contributed by atoms with Crippen molar-refractivity contribution in [2.24, 2.45) is 5.92 Å². The number of carbonyl (C=O) groups excluding carboxylic acids is 1. The first-order valence-corrected chi connectivity index (χ1v) is 16.8. The number of carbonyl (C=O) groups is 1. The van der Waals surface area contributed by atoms with Gasteiger partial charge in [-0.1, -0.05) is 88.2 Å². The lowest BCUT2D eigenvalue weighted by atomic mass is 9.87. The molecule has 3 rings (SSSR count). The Kier molecular flexibility index (Phi) is 11.8. The molecule has 1 heterocycles. The van der Waals surface area contributed by atoms with Gasteiger partial charge in [0.1, 0.15) is 0 Å². The van der Waals surface area contributed by atoms with Gasteiger partial charge in [-0.25, -0.2) is 8.42 Å². The fraction of sp³-hybridized carbons (Fsp3) is 0.485. The number of rotatable bonds is 14. The number of aromatic nitrogens is 1. The molecule has 0 aliphatic rings. The van der Waals surface area contributed by atoms with E-state index in [9.17, 15) is 13.2 Å². The number of hydrogen-bond donors (Lipinski definition) is 0. The summed E-state index contributed by atoms with van der Waals surface area (Å²) in [5.41, 5.74) is 3.18. The zero-order chi connectivity index (χ0) is 30.2. The Hall–Kier alpha value is -2.42. The number of sulfonamides is 1. The van der Waals surface area contributed by atoms with E-state index in [1.807, 2.05) is 47.5 Å². The molecule has 0 aliphatic heterocycles. The standard InChI is InChI=1S/C33H46BrN3O3S/c1-7-8-20-36(24-30-10-9-21-35(30)23-27-11-15-29(34)16-12-27)32(38)25-37(22-19-26(2)3)41(39,40)31-17-13-28(14-18-31)33(4,5)6/h9-18,21,26H,7-8,19-20,22-25H2,1-6H3. The van der Waals surface area contributed by atoms with Crippen LogP contribution in [0, 0.1) is 5.92 Å². The highest BCUT2D eigenvalue weighted by Crippen LogP contribution is 2.25. The van der Waals surface area contributed by atoms with E-state index in [1.54, 1.807) is 12.1 Å². The van der Waals surface area contributed by atoms with Gasteiger partial charge in [-0.3, -0.25) is 4.79 Å². The highest BCUT2D eigenvalue weighted by molar-refractivity contribution is 9.10. The number of unbranched alkanes of at least 4 members (excludes halogenated alkanes) is 1. The van der Waals surface area contributed by atoms with E-state index in [0.717, 1.165) is 28.6 Å². The number of amides is 1. The molecule has 0 atom stereocenters. The van der Waals surface area contributed by atoms with E-state index >= 15 is 0 Å². The smallest absolute Gasteiger partial charge is 0.243 e. The second-order valence-electron chi connectivity index (χ2n) is 12.2. The molecule has 0 radical (unpaired) electrons. The summed E-state index contributed by atoms with van der Waals surface area (Å²) in [6, 6.07) is 19.4. The first-order chi connectivity index (χ1) is 19.3. The summed E-state index contributed by atoms with van der Waals surface area (Å²) in [7, 11) is -3.85. The van der Waals surface area contributed by atoms with Crippen LogP contribution in [-0.4, -0.2) is 47.7 Å². The largest absolute Gasteiger partial charge is 0.345 e. The number of nitrogens with zero attached hydrogens (tertiary/aromatic N) is 3. The van der Waals surface area contributed by atoms with Crippen molar-refractivity contribution in [1.29, 1.82) is 0 Å². The summed E-state index contributed by atoms with van der Waals surface area (Å²) in [4.78, 5) is 15.9. The fourth-order valence-corrected chi connectivity index (χ4v) is 6.25. The highest BCUT2D eigenvalue weighted by atomic mass is 79.9. The molecule has 224 valence electrons. The summed E-state index contributed by atoms with van der Waals surface area (Å²) < 4.78 is 32.2. The normalized spacial score (nSPS) is 12.3. The Bertz CT molecular complexity index is 1360. The topological polar surface area (TPSA) is 62.6 Å². The highest BCUT2D eigenvalue weighted by Gasteiger charge is 2.29. The Labute approximate surface area is 255 Å². The Morgan fingerprint density at radius 1 is 0.976 bits per heavy atom. The molecule has 0 saturated carbocycles. The van der Waals surface area contributed by atoms with Crippen molar-refractivity contribution in [1.82, 2.24) is 13.8 Å². The van der Waals surface area contributed by atoms with Crippen molar-refractivity contribution in [3.8, 4) is 0 Å². The quantitative estimate of drug-likeness (QED) is 0.183. The minimum absolute atomic E-state index is 0.0790. The van der Waals surface area contributed by atoms with Gasteiger partial charge in [-0.2, -0.15) is 4.31 Å². The van der Waals surface area contributed by atoms with Gasteiger partial charge >= 0.3 is 0 Å². The van der Waals surface area contributed by atoms with Crippen LogP contribution in [0.2, 0.25) is 0 Å². The van der Waals surface area contributed by atoms with Gasteiger partial charge in [0.05, 0.1) is 18.0 Å². The molecule has 0 fully saturated rings. The van der Waals surface area contributed by atoms with E-state index in [1.165, 1.54) is 9.87 Å². The van der Waals surface area contributed by atoms with Gasteiger partial charge in [-0.05, 0) is 71.7 Å². The first kappa shape index (κ1) is 33.1. The molecule has 0 spiro atoms. The van der Waals surface area contributed by atoms with Gasteiger partial charge in [0, 0.05) is 36.0 Å². The third-order valence-electron chi connectivity index (χ3n) is 7.30. The molecule has 0 aliphatic carbocycles. The molecular formula is C33H46BrN3O3S. The second-order valence-corrected chi connectivity index (χ2v) is 15.1. The van der Waals surface area contributed by atoms with Crippen LogP contribution in [0.4, 0.5) is 0 Å². The third kappa shape index (κ3) is 9.55. The first-order valence-electron chi connectivity index (χ1n) is 14.6. The lowest BCUT2D eigenvalue weighted by Gasteiger charge is -2.28.